The molecule has 1 aliphatic heterocycles. The second kappa shape index (κ2) is 6.61. The summed E-state index contributed by atoms with van der Waals surface area (Å²) in [5, 5.41) is 3.36. The topological polar surface area (TPSA) is 45.4 Å². The van der Waals surface area contributed by atoms with Crippen molar-refractivity contribution in [1.82, 2.24) is 14.8 Å². The number of thiazole rings is 1. The molecule has 1 aromatic heterocycles. The van der Waals surface area contributed by atoms with E-state index in [-0.39, 0.29) is 0 Å². The first-order valence-corrected chi connectivity index (χ1v) is 7.59. The molecular formula is C13H24N4S. The summed E-state index contributed by atoms with van der Waals surface area (Å²) in [7, 11) is 4.36. The molecule has 0 saturated carbocycles. The van der Waals surface area contributed by atoms with Crippen LogP contribution in [0.1, 0.15) is 23.5 Å². The molecule has 4 nitrogen and oxygen atoms in total. The number of nitrogens with zero attached hydrogens (tertiary/aromatic N) is 3. The van der Waals surface area contributed by atoms with Crippen LogP contribution in [0, 0.1) is 0 Å². The van der Waals surface area contributed by atoms with Gasteiger partial charge in [-0.05, 0) is 33.5 Å². The summed E-state index contributed by atoms with van der Waals surface area (Å²) in [6, 6.07) is 0.754. The molecule has 1 aliphatic rings. The van der Waals surface area contributed by atoms with Crippen LogP contribution in [0.5, 0.6) is 0 Å². The molecule has 0 unspecified atom stereocenters. The van der Waals surface area contributed by atoms with Gasteiger partial charge in [-0.15, -0.1) is 11.3 Å². The van der Waals surface area contributed by atoms with Gasteiger partial charge in [-0.3, -0.25) is 4.90 Å². The number of likely N-dealkylation sites (tertiary alicyclic amines) is 1. The second-order valence-electron chi connectivity index (χ2n) is 5.24. The zero-order valence-electron chi connectivity index (χ0n) is 11.4. The van der Waals surface area contributed by atoms with Crippen molar-refractivity contribution in [2.75, 3.05) is 33.7 Å². The average molecular weight is 268 g/mol. The maximum atomic E-state index is 5.55. The summed E-state index contributed by atoms with van der Waals surface area (Å²) in [6.45, 7) is 4.07. The van der Waals surface area contributed by atoms with Gasteiger partial charge in [0.15, 0.2) is 0 Å². The minimum absolute atomic E-state index is 0.696. The fraction of sp³-hybridized carbons (Fsp3) is 0.769. The smallest absolute Gasteiger partial charge is 0.0941 e. The Morgan fingerprint density at radius 1 is 1.44 bits per heavy atom. The van der Waals surface area contributed by atoms with Gasteiger partial charge in [-0.1, -0.05) is 0 Å². The molecule has 0 spiro atoms. The van der Waals surface area contributed by atoms with Crippen molar-refractivity contribution in [3.63, 3.8) is 0 Å². The first-order chi connectivity index (χ1) is 8.69. The first-order valence-electron chi connectivity index (χ1n) is 6.71. The molecule has 0 aromatic carbocycles. The minimum atomic E-state index is 0.696. The molecule has 2 N–H and O–H groups in total. The number of aromatic nitrogens is 1. The zero-order valence-corrected chi connectivity index (χ0v) is 12.2. The molecule has 2 heterocycles. The number of rotatable bonds is 5. The van der Waals surface area contributed by atoms with Crippen LogP contribution in [0.2, 0.25) is 0 Å². The Kier molecular flexibility index (Phi) is 5.12. The molecule has 1 fully saturated rings. The average Bonchev–Trinajstić information content (AvgIpc) is 2.78. The maximum absolute atomic E-state index is 5.55. The number of piperidine rings is 1. The van der Waals surface area contributed by atoms with Gasteiger partial charge in [-0.25, -0.2) is 4.98 Å². The van der Waals surface area contributed by atoms with Crippen molar-refractivity contribution in [3.05, 3.63) is 16.1 Å². The van der Waals surface area contributed by atoms with E-state index in [0.717, 1.165) is 19.0 Å². The molecule has 1 aromatic rings. The molecule has 0 radical (unpaired) electrons. The van der Waals surface area contributed by atoms with Gasteiger partial charge < -0.3 is 10.6 Å². The van der Waals surface area contributed by atoms with E-state index in [1.54, 1.807) is 11.3 Å². The van der Waals surface area contributed by atoms with Crippen LogP contribution < -0.4 is 5.73 Å². The van der Waals surface area contributed by atoms with E-state index in [2.05, 4.69) is 34.3 Å². The van der Waals surface area contributed by atoms with Crippen molar-refractivity contribution in [2.45, 2.75) is 31.8 Å². The summed E-state index contributed by atoms with van der Waals surface area (Å²) in [4.78, 5) is 9.50. The predicted molar refractivity (Wildman–Crippen MR) is 76.9 cm³/mol. The molecule has 0 atom stereocenters. The Morgan fingerprint density at radius 3 is 2.78 bits per heavy atom. The summed E-state index contributed by atoms with van der Waals surface area (Å²) in [5.41, 5.74) is 6.76. The van der Waals surface area contributed by atoms with Crippen molar-refractivity contribution in [2.24, 2.45) is 5.73 Å². The maximum Gasteiger partial charge on any atom is 0.0941 e. The predicted octanol–water partition coefficient (Wildman–Crippen LogP) is 1.17. The van der Waals surface area contributed by atoms with Gasteiger partial charge >= 0.3 is 0 Å². The molecule has 5 heteroatoms. The van der Waals surface area contributed by atoms with Crippen LogP contribution in [0.4, 0.5) is 0 Å². The van der Waals surface area contributed by atoms with E-state index >= 15 is 0 Å². The van der Waals surface area contributed by atoms with E-state index in [4.69, 9.17) is 5.73 Å². The Hall–Kier alpha value is -0.490. The highest BCUT2D eigenvalue weighted by Gasteiger charge is 2.20. The third-order valence-corrected chi connectivity index (χ3v) is 4.59. The number of nitrogens with two attached hydrogens (primary N) is 1. The highest BCUT2D eigenvalue weighted by molar-refractivity contribution is 7.09. The molecule has 2 rings (SSSR count). The van der Waals surface area contributed by atoms with Crippen molar-refractivity contribution in [1.29, 1.82) is 0 Å². The molecule has 1 saturated heterocycles. The van der Waals surface area contributed by atoms with Gasteiger partial charge in [0.2, 0.25) is 0 Å². The van der Waals surface area contributed by atoms with E-state index in [0.29, 0.717) is 6.54 Å². The molecule has 0 bridgehead atoms. The number of hydrogen-bond donors (Lipinski definition) is 1. The standard InChI is InChI=1S/C13H24N4S/c1-16(2)12-4-7-17(8-5-12)9-11-10-18-13(15-11)3-6-14/h10,12H,3-9,14H2,1-2H3. The van der Waals surface area contributed by atoms with E-state index in [9.17, 15) is 0 Å². The lowest BCUT2D eigenvalue weighted by Crippen LogP contribution is -2.41. The van der Waals surface area contributed by atoms with E-state index in [1.807, 2.05) is 0 Å². The molecule has 0 aliphatic carbocycles. The summed E-state index contributed by atoms with van der Waals surface area (Å²) in [6.07, 6.45) is 3.45. The van der Waals surface area contributed by atoms with Crippen LogP contribution in [0.3, 0.4) is 0 Å². The van der Waals surface area contributed by atoms with Gasteiger partial charge in [0, 0.05) is 37.5 Å². The van der Waals surface area contributed by atoms with E-state index in [1.165, 1.54) is 36.6 Å². The molecule has 18 heavy (non-hydrogen) atoms. The third kappa shape index (κ3) is 3.75. The highest BCUT2D eigenvalue weighted by atomic mass is 32.1. The van der Waals surface area contributed by atoms with Crippen LogP contribution in [-0.2, 0) is 13.0 Å². The van der Waals surface area contributed by atoms with E-state index < -0.39 is 0 Å². The van der Waals surface area contributed by atoms with Crippen LogP contribution in [0.25, 0.3) is 0 Å². The lowest BCUT2D eigenvalue weighted by Gasteiger charge is -2.34. The van der Waals surface area contributed by atoms with Crippen LogP contribution >= 0.6 is 11.3 Å². The van der Waals surface area contributed by atoms with Crippen molar-refractivity contribution in [3.8, 4) is 0 Å². The minimum Gasteiger partial charge on any atom is -0.330 e. The van der Waals surface area contributed by atoms with Gasteiger partial charge in [0.1, 0.15) is 0 Å². The Labute approximate surface area is 114 Å². The Bertz CT molecular complexity index is 356. The normalized spacial score (nSPS) is 18.7. The fourth-order valence-electron chi connectivity index (χ4n) is 2.48. The summed E-state index contributed by atoms with van der Waals surface area (Å²) in [5.74, 6) is 0. The van der Waals surface area contributed by atoms with Crippen molar-refractivity contribution < 1.29 is 0 Å². The molecule has 0 amide bonds. The number of hydrogen-bond acceptors (Lipinski definition) is 5. The largest absolute Gasteiger partial charge is 0.330 e. The first kappa shape index (κ1) is 13.9. The second-order valence-corrected chi connectivity index (χ2v) is 6.18. The Balaban J connectivity index is 1.80. The highest BCUT2D eigenvalue weighted by Crippen LogP contribution is 2.18. The Morgan fingerprint density at radius 2 is 2.17 bits per heavy atom. The van der Waals surface area contributed by atoms with Gasteiger partial charge in [-0.2, -0.15) is 0 Å². The third-order valence-electron chi connectivity index (χ3n) is 3.63. The van der Waals surface area contributed by atoms with Gasteiger partial charge in [0.05, 0.1) is 10.7 Å². The monoisotopic (exact) mass is 268 g/mol. The lowest BCUT2D eigenvalue weighted by atomic mass is 10.0. The fourth-order valence-corrected chi connectivity index (χ4v) is 3.29. The lowest BCUT2D eigenvalue weighted by molar-refractivity contribution is 0.139. The SMILES string of the molecule is CN(C)C1CCN(Cc2csc(CCN)n2)CC1. The zero-order chi connectivity index (χ0) is 13.0. The molecular weight excluding hydrogens is 244 g/mol. The van der Waals surface area contributed by atoms with Crippen molar-refractivity contribution >= 4 is 11.3 Å². The van der Waals surface area contributed by atoms with Gasteiger partial charge in [0.25, 0.3) is 0 Å². The summed E-state index contributed by atoms with van der Waals surface area (Å²) >= 11 is 1.74. The van der Waals surface area contributed by atoms with Crippen LogP contribution in [0.15, 0.2) is 5.38 Å². The molecule has 102 valence electrons. The van der Waals surface area contributed by atoms with Crippen LogP contribution in [-0.4, -0.2) is 54.6 Å². The summed E-state index contributed by atoms with van der Waals surface area (Å²) < 4.78 is 0. The quantitative estimate of drug-likeness (QED) is 0.871.